The molecular formula is C8H12Cl2N2O. The summed E-state index contributed by atoms with van der Waals surface area (Å²) >= 11 is 5.78. The van der Waals surface area contributed by atoms with E-state index >= 15 is 0 Å². The lowest BCUT2D eigenvalue weighted by Crippen LogP contribution is -2.12. The summed E-state index contributed by atoms with van der Waals surface area (Å²) in [5.74, 6) is 0. The number of pyridine rings is 1. The Morgan fingerprint density at radius 3 is 2.85 bits per heavy atom. The van der Waals surface area contributed by atoms with Crippen molar-refractivity contribution < 1.29 is 5.11 Å². The fourth-order valence-electron chi connectivity index (χ4n) is 0.970. The SMILES string of the molecule is Cl.N[C@H](CCO)c1cccnc1Cl. The molecule has 74 valence electrons. The summed E-state index contributed by atoms with van der Waals surface area (Å²) in [5.41, 5.74) is 6.51. The van der Waals surface area contributed by atoms with Gasteiger partial charge in [0.2, 0.25) is 0 Å². The fraction of sp³-hybridized carbons (Fsp3) is 0.375. The molecule has 0 aliphatic rings. The quantitative estimate of drug-likeness (QED) is 0.764. The minimum Gasteiger partial charge on any atom is -0.396 e. The molecule has 0 spiro atoms. The predicted molar refractivity (Wildman–Crippen MR) is 55.1 cm³/mol. The second kappa shape index (κ2) is 6.16. The van der Waals surface area contributed by atoms with Gasteiger partial charge < -0.3 is 10.8 Å². The molecule has 1 aromatic heterocycles. The first-order valence-corrected chi connectivity index (χ1v) is 4.10. The minimum absolute atomic E-state index is 0. The van der Waals surface area contributed by atoms with Crippen molar-refractivity contribution in [1.82, 2.24) is 4.98 Å². The van der Waals surface area contributed by atoms with Gasteiger partial charge in [0.15, 0.2) is 0 Å². The topological polar surface area (TPSA) is 59.1 Å². The summed E-state index contributed by atoms with van der Waals surface area (Å²) < 4.78 is 0. The highest BCUT2D eigenvalue weighted by molar-refractivity contribution is 6.30. The first-order chi connectivity index (χ1) is 5.75. The summed E-state index contributed by atoms with van der Waals surface area (Å²) in [4.78, 5) is 3.89. The molecule has 1 aromatic rings. The van der Waals surface area contributed by atoms with Crippen LogP contribution in [0.25, 0.3) is 0 Å². The van der Waals surface area contributed by atoms with Crippen LogP contribution in [0.4, 0.5) is 0 Å². The number of hydrogen-bond acceptors (Lipinski definition) is 3. The van der Waals surface area contributed by atoms with E-state index < -0.39 is 0 Å². The molecule has 1 atom stereocenters. The van der Waals surface area contributed by atoms with Crippen LogP contribution in [0.1, 0.15) is 18.0 Å². The number of rotatable bonds is 3. The Kier molecular flexibility index (Phi) is 5.99. The Morgan fingerprint density at radius 2 is 2.31 bits per heavy atom. The van der Waals surface area contributed by atoms with E-state index in [1.54, 1.807) is 12.3 Å². The van der Waals surface area contributed by atoms with Crippen LogP contribution in [0.5, 0.6) is 0 Å². The number of aromatic nitrogens is 1. The summed E-state index contributed by atoms with van der Waals surface area (Å²) in [6, 6.07) is 3.37. The average molecular weight is 223 g/mol. The minimum atomic E-state index is -0.226. The highest BCUT2D eigenvalue weighted by atomic mass is 35.5. The summed E-state index contributed by atoms with van der Waals surface area (Å²) in [7, 11) is 0. The maximum absolute atomic E-state index is 8.65. The third-order valence-electron chi connectivity index (χ3n) is 1.63. The van der Waals surface area contributed by atoms with Crippen LogP contribution in [0, 0.1) is 0 Å². The van der Waals surface area contributed by atoms with Crippen molar-refractivity contribution in [2.24, 2.45) is 5.73 Å². The number of aliphatic hydroxyl groups excluding tert-OH is 1. The number of nitrogens with zero attached hydrogens (tertiary/aromatic N) is 1. The maximum atomic E-state index is 8.65. The van der Waals surface area contributed by atoms with E-state index in [0.29, 0.717) is 11.6 Å². The zero-order valence-electron chi connectivity index (χ0n) is 6.98. The molecule has 3 N–H and O–H groups in total. The maximum Gasteiger partial charge on any atom is 0.133 e. The molecule has 0 bridgehead atoms. The van der Waals surface area contributed by atoms with Crippen molar-refractivity contribution in [3.05, 3.63) is 29.0 Å². The summed E-state index contributed by atoms with van der Waals surface area (Å²) in [6.45, 7) is 0.0619. The lowest BCUT2D eigenvalue weighted by molar-refractivity contribution is 0.276. The van der Waals surface area contributed by atoms with Crippen molar-refractivity contribution in [2.45, 2.75) is 12.5 Å². The third kappa shape index (κ3) is 3.48. The van der Waals surface area contributed by atoms with Crippen LogP contribution in [0.15, 0.2) is 18.3 Å². The Morgan fingerprint density at radius 1 is 1.62 bits per heavy atom. The first kappa shape index (κ1) is 12.7. The van der Waals surface area contributed by atoms with Gasteiger partial charge in [-0.15, -0.1) is 12.4 Å². The Bertz CT molecular complexity index is 258. The van der Waals surface area contributed by atoms with E-state index in [9.17, 15) is 0 Å². The third-order valence-corrected chi connectivity index (χ3v) is 1.94. The second-order valence-corrected chi connectivity index (χ2v) is 2.86. The molecule has 5 heteroatoms. The van der Waals surface area contributed by atoms with Gasteiger partial charge in [-0.3, -0.25) is 0 Å². The molecule has 0 aliphatic carbocycles. The Hall–Kier alpha value is -0.350. The molecule has 0 aromatic carbocycles. The monoisotopic (exact) mass is 222 g/mol. The fourth-order valence-corrected chi connectivity index (χ4v) is 1.23. The van der Waals surface area contributed by atoms with Crippen molar-refractivity contribution in [2.75, 3.05) is 6.61 Å². The molecule has 0 unspecified atom stereocenters. The molecule has 0 aliphatic heterocycles. The van der Waals surface area contributed by atoms with E-state index in [2.05, 4.69) is 4.98 Å². The van der Waals surface area contributed by atoms with Gasteiger partial charge in [-0.1, -0.05) is 17.7 Å². The molecule has 3 nitrogen and oxygen atoms in total. The van der Waals surface area contributed by atoms with Crippen LogP contribution in [-0.2, 0) is 0 Å². The van der Waals surface area contributed by atoms with Gasteiger partial charge in [0.25, 0.3) is 0 Å². The van der Waals surface area contributed by atoms with Crippen molar-refractivity contribution in [1.29, 1.82) is 0 Å². The highest BCUT2D eigenvalue weighted by Crippen LogP contribution is 2.20. The highest BCUT2D eigenvalue weighted by Gasteiger charge is 2.08. The van der Waals surface area contributed by atoms with Gasteiger partial charge in [-0.2, -0.15) is 0 Å². The molecule has 1 heterocycles. The van der Waals surface area contributed by atoms with E-state index in [1.165, 1.54) is 0 Å². The van der Waals surface area contributed by atoms with E-state index in [4.69, 9.17) is 22.4 Å². The van der Waals surface area contributed by atoms with Crippen molar-refractivity contribution in [3.63, 3.8) is 0 Å². The van der Waals surface area contributed by atoms with Gasteiger partial charge in [0.05, 0.1) is 0 Å². The molecular weight excluding hydrogens is 211 g/mol. The molecule has 13 heavy (non-hydrogen) atoms. The van der Waals surface area contributed by atoms with Gasteiger partial charge in [0, 0.05) is 24.4 Å². The Labute approximate surface area is 88.3 Å². The van der Waals surface area contributed by atoms with Gasteiger partial charge in [-0.25, -0.2) is 4.98 Å². The average Bonchev–Trinajstić information content (AvgIpc) is 2.05. The smallest absolute Gasteiger partial charge is 0.133 e. The predicted octanol–water partition coefficient (Wildman–Crippen LogP) is 1.54. The van der Waals surface area contributed by atoms with Gasteiger partial charge in [-0.05, 0) is 12.5 Å². The molecule has 0 radical (unpaired) electrons. The van der Waals surface area contributed by atoms with Crippen LogP contribution in [-0.4, -0.2) is 16.7 Å². The van der Waals surface area contributed by atoms with Crippen molar-refractivity contribution >= 4 is 24.0 Å². The lowest BCUT2D eigenvalue weighted by atomic mass is 10.1. The van der Waals surface area contributed by atoms with E-state index in [1.807, 2.05) is 6.07 Å². The Balaban J connectivity index is 0.00000144. The molecule has 0 saturated heterocycles. The van der Waals surface area contributed by atoms with Crippen molar-refractivity contribution in [3.8, 4) is 0 Å². The van der Waals surface area contributed by atoms with Gasteiger partial charge in [0.1, 0.15) is 5.15 Å². The number of halogens is 2. The molecule has 0 saturated carbocycles. The second-order valence-electron chi connectivity index (χ2n) is 2.50. The van der Waals surface area contributed by atoms with Crippen LogP contribution >= 0.6 is 24.0 Å². The largest absolute Gasteiger partial charge is 0.396 e. The molecule has 1 rings (SSSR count). The van der Waals surface area contributed by atoms with Gasteiger partial charge >= 0.3 is 0 Å². The summed E-state index contributed by atoms with van der Waals surface area (Å²) in [5, 5.41) is 9.06. The van der Waals surface area contributed by atoms with E-state index in [-0.39, 0.29) is 25.1 Å². The first-order valence-electron chi connectivity index (χ1n) is 3.72. The number of hydrogen-bond donors (Lipinski definition) is 2. The molecule has 0 amide bonds. The molecule has 0 fully saturated rings. The van der Waals surface area contributed by atoms with Crippen LogP contribution < -0.4 is 5.73 Å². The van der Waals surface area contributed by atoms with E-state index in [0.717, 1.165) is 5.56 Å². The zero-order chi connectivity index (χ0) is 8.97. The summed E-state index contributed by atoms with van der Waals surface area (Å²) in [6.07, 6.45) is 2.11. The van der Waals surface area contributed by atoms with Crippen LogP contribution in [0.2, 0.25) is 5.15 Å². The zero-order valence-corrected chi connectivity index (χ0v) is 8.55. The normalized spacial score (nSPS) is 11.9. The number of aliphatic hydroxyl groups is 1. The standard InChI is InChI=1S/C8H11ClN2O.ClH/c9-8-6(2-1-4-11-8)7(10)3-5-12;/h1-2,4,7,12H,3,5,10H2;1H/t7-;/m1./s1. The lowest BCUT2D eigenvalue weighted by Gasteiger charge is -2.10. The number of nitrogens with two attached hydrogens (primary N) is 1. The van der Waals surface area contributed by atoms with Crippen LogP contribution in [0.3, 0.4) is 0 Å².